The molecular formula is C29H18Br2IN3O3. The molecule has 188 valence electrons. The van der Waals surface area contributed by atoms with Crippen molar-refractivity contribution in [3.05, 3.63) is 120 Å². The summed E-state index contributed by atoms with van der Waals surface area (Å²) in [7, 11) is 0. The van der Waals surface area contributed by atoms with E-state index in [4.69, 9.17) is 4.74 Å². The largest absolute Gasteiger partial charge is 0.421 e. The maximum Gasteiger partial charge on any atom is 0.343 e. The molecule has 9 heteroatoms. The summed E-state index contributed by atoms with van der Waals surface area (Å²) in [5.74, 6) is -0.624. The number of benzene rings is 4. The van der Waals surface area contributed by atoms with Crippen LogP contribution in [0.15, 0.2) is 105 Å². The van der Waals surface area contributed by atoms with E-state index in [9.17, 15) is 9.59 Å². The number of fused-ring (bicyclic) bond motifs is 1. The van der Waals surface area contributed by atoms with Crippen molar-refractivity contribution in [3.8, 4) is 16.9 Å². The fraction of sp³-hybridized carbons (Fsp3) is 0. The summed E-state index contributed by atoms with van der Waals surface area (Å²) in [6.45, 7) is 0. The van der Waals surface area contributed by atoms with Gasteiger partial charge in [0, 0.05) is 30.1 Å². The summed E-state index contributed by atoms with van der Waals surface area (Å²) in [4.78, 5) is 29.2. The van der Waals surface area contributed by atoms with Gasteiger partial charge >= 0.3 is 5.97 Å². The number of hydrogen-bond acceptors (Lipinski definition) is 4. The van der Waals surface area contributed by atoms with Gasteiger partial charge < -0.3 is 9.72 Å². The topological polar surface area (TPSA) is 83.5 Å². The lowest BCUT2D eigenvalue weighted by molar-refractivity contribution is 0.0733. The normalized spacial score (nSPS) is 11.1. The Morgan fingerprint density at radius 1 is 0.921 bits per heavy atom. The summed E-state index contributed by atoms with van der Waals surface area (Å²) in [6, 6.07) is 27.9. The number of aromatic amines is 1. The molecule has 0 fully saturated rings. The minimum absolute atomic E-state index is 0.283. The Labute approximate surface area is 248 Å². The number of hydrogen-bond donors (Lipinski definition) is 2. The van der Waals surface area contributed by atoms with Gasteiger partial charge in [0.15, 0.2) is 5.75 Å². The van der Waals surface area contributed by atoms with Crippen molar-refractivity contribution in [1.29, 1.82) is 0 Å². The number of amides is 1. The Bertz CT molecular complexity index is 1690. The summed E-state index contributed by atoms with van der Waals surface area (Å²) >= 11 is 9.17. The second-order valence-corrected chi connectivity index (χ2v) is 11.2. The lowest BCUT2D eigenvalue weighted by atomic mass is 10.0. The Morgan fingerprint density at radius 3 is 2.37 bits per heavy atom. The van der Waals surface area contributed by atoms with Crippen LogP contribution in [0.4, 0.5) is 0 Å². The molecule has 0 aliphatic rings. The van der Waals surface area contributed by atoms with E-state index in [-0.39, 0.29) is 5.75 Å². The number of hydrazone groups is 1. The van der Waals surface area contributed by atoms with Crippen molar-refractivity contribution in [2.24, 2.45) is 5.10 Å². The first-order valence-electron chi connectivity index (χ1n) is 11.4. The Morgan fingerprint density at radius 2 is 1.63 bits per heavy atom. The molecule has 0 saturated heterocycles. The highest BCUT2D eigenvalue weighted by Crippen LogP contribution is 2.34. The van der Waals surface area contributed by atoms with E-state index in [0.717, 1.165) is 30.1 Å². The van der Waals surface area contributed by atoms with Crippen LogP contribution >= 0.6 is 54.5 Å². The number of rotatable bonds is 6. The van der Waals surface area contributed by atoms with Crippen molar-refractivity contribution in [1.82, 2.24) is 10.4 Å². The summed E-state index contributed by atoms with van der Waals surface area (Å²) in [5, 5.41) is 5.13. The standard InChI is InChI=1S/C29H18Br2IN3O3/c30-20-13-19(27(23(31)14-20)38-29(37)18-9-5-2-6-10-18)16-33-35-28(36)26-25(17-7-3-1-4-8-17)22-15-21(32)11-12-24(22)34-26/h1-16,34H,(H,35,36). The third-order valence-corrected chi connectivity index (χ3v) is 7.38. The van der Waals surface area contributed by atoms with E-state index in [2.05, 4.69) is 70.0 Å². The number of H-pyrrole nitrogens is 1. The fourth-order valence-electron chi connectivity index (χ4n) is 3.97. The van der Waals surface area contributed by atoms with Crippen molar-refractivity contribution < 1.29 is 14.3 Å². The van der Waals surface area contributed by atoms with Crippen LogP contribution in [0.1, 0.15) is 26.4 Å². The molecule has 0 aliphatic heterocycles. The monoisotopic (exact) mass is 741 g/mol. The molecule has 0 unspecified atom stereocenters. The first-order chi connectivity index (χ1) is 18.4. The Hall–Kier alpha value is -3.28. The highest BCUT2D eigenvalue weighted by atomic mass is 127. The predicted molar refractivity (Wildman–Crippen MR) is 165 cm³/mol. The van der Waals surface area contributed by atoms with E-state index in [1.165, 1.54) is 6.21 Å². The van der Waals surface area contributed by atoms with Gasteiger partial charge in [0.1, 0.15) is 5.69 Å². The first kappa shape index (κ1) is 26.3. The summed E-state index contributed by atoms with van der Waals surface area (Å²) in [6.07, 6.45) is 1.44. The summed E-state index contributed by atoms with van der Waals surface area (Å²) < 4.78 is 8.03. The van der Waals surface area contributed by atoms with E-state index >= 15 is 0 Å². The molecule has 5 rings (SSSR count). The summed E-state index contributed by atoms with van der Waals surface area (Å²) in [5.41, 5.74) is 6.49. The van der Waals surface area contributed by atoms with Gasteiger partial charge in [-0.1, -0.05) is 64.5 Å². The minimum atomic E-state index is -0.507. The average Bonchev–Trinajstić information content (AvgIpc) is 3.30. The molecule has 0 atom stereocenters. The highest BCUT2D eigenvalue weighted by molar-refractivity contribution is 14.1. The number of aromatic nitrogens is 1. The number of ether oxygens (including phenoxy) is 1. The number of esters is 1. The smallest absolute Gasteiger partial charge is 0.343 e. The number of halogens is 3. The van der Waals surface area contributed by atoms with Crippen molar-refractivity contribution in [2.45, 2.75) is 0 Å². The molecule has 5 aromatic rings. The van der Waals surface area contributed by atoms with Crippen LogP contribution < -0.4 is 10.2 Å². The molecule has 1 aromatic heterocycles. The second kappa shape index (κ2) is 11.6. The number of carbonyl (C=O) groups is 2. The molecule has 1 heterocycles. The van der Waals surface area contributed by atoms with Gasteiger partial charge in [0.2, 0.25) is 0 Å². The van der Waals surface area contributed by atoms with Gasteiger partial charge in [0.25, 0.3) is 5.91 Å². The van der Waals surface area contributed by atoms with Crippen molar-refractivity contribution in [3.63, 3.8) is 0 Å². The minimum Gasteiger partial charge on any atom is -0.421 e. The Balaban J connectivity index is 1.44. The van der Waals surface area contributed by atoms with Gasteiger partial charge in [0.05, 0.1) is 16.3 Å². The molecule has 1 amide bonds. The van der Waals surface area contributed by atoms with Crippen molar-refractivity contribution >= 4 is 83.4 Å². The third kappa shape index (κ3) is 5.74. The zero-order valence-corrected chi connectivity index (χ0v) is 24.9. The maximum absolute atomic E-state index is 13.3. The Kier molecular flexibility index (Phi) is 8.06. The van der Waals surface area contributed by atoms with Gasteiger partial charge in [-0.25, -0.2) is 10.2 Å². The average molecular weight is 743 g/mol. The van der Waals surface area contributed by atoms with Crippen LogP contribution in [0, 0.1) is 3.57 Å². The van der Waals surface area contributed by atoms with E-state index in [1.807, 2.05) is 54.6 Å². The molecular weight excluding hydrogens is 725 g/mol. The highest BCUT2D eigenvalue weighted by Gasteiger charge is 2.20. The predicted octanol–water partition coefficient (Wildman–Crippen LogP) is 7.95. The van der Waals surface area contributed by atoms with Crippen LogP contribution in [0.25, 0.3) is 22.0 Å². The number of carbonyl (C=O) groups excluding carboxylic acids is 2. The zero-order valence-electron chi connectivity index (χ0n) is 19.5. The molecule has 38 heavy (non-hydrogen) atoms. The maximum atomic E-state index is 13.3. The van der Waals surface area contributed by atoms with Crippen LogP contribution in [0.2, 0.25) is 0 Å². The number of nitrogens with zero attached hydrogens (tertiary/aromatic N) is 1. The van der Waals surface area contributed by atoms with Gasteiger partial charge in [-0.3, -0.25) is 4.79 Å². The van der Waals surface area contributed by atoms with Crippen LogP contribution in [-0.4, -0.2) is 23.1 Å². The molecule has 4 aromatic carbocycles. The quantitative estimate of drug-likeness (QED) is 0.0610. The molecule has 0 aliphatic carbocycles. The molecule has 0 spiro atoms. The van der Waals surface area contributed by atoms with Gasteiger partial charge in [-0.05, 0) is 86.5 Å². The lowest BCUT2D eigenvalue weighted by Crippen LogP contribution is -2.19. The number of nitrogens with one attached hydrogen (secondary N) is 2. The molecule has 6 nitrogen and oxygen atoms in total. The first-order valence-corrected chi connectivity index (χ1v) is 14.0. The fourth-order valence-corrected chi connectivity index (χ4v) is 5.80. The molecule has 0 radical (unpaired) electrons. The molecule has 0 bridgehead atoms. The lowest BCUT2D eigenvalue weighted by Gasteiger charge is -2.10. The van der Waals surface area contributed by atoms with Crippen LogP contribution in [0.3, 0.4) is 0 Å². The van der Waals surface area contributed by atoms with Gasteiger partial charge in [-0.2, -0.15) is 5.10 Å². The third-order valence-electron chi connectivity index (χ3n) is 5.66. The van der Waals surface area contributed by atoms with E-state index in [0.29, 0.717) is 21.3 Å². The molecule has 2 N–H and O–H groups in total. The van der Waals surface area contributed by atoms with E-state index in [1.54, 1.807) is 36.4 Å². The van der Waals surface area contributed by atoms with Crippen LogP contribution in [0.5, 0.6) is 5.75 Å². The van der Waals surface area contributed by atoms with Crippen LogP contribution in [-0.2, 0) is 0 Å². The van der Waals surface area contributed by atoms with Crippen molar-refractivity contribution in [2.75, 3.05) is 0 Å². The van der Waals surface area contributed by atoms with Gasteiger partial charge in [-0.15, -0.1) is 0 Å². The SMILES string of the molecule is O=C(Oc1c(Br)cc(Br)cc1C=NNC(=O)c1[nH]c2ccc(I)cc2c1-c1ccccc1)c1ccccc1. The zero-order chi connectivity index (χ0) is 26.6. The van der Waals surface area contributed by atoms with E-state index < -0.39 is 11.9 Å². The second-order valence-electron chi connectivity index (χ2n) is 8.19. The molecule has 0 saturated carbocycles.